The van der Waals surface area contributed by atoms with Crippen LogP contribution < -0.4 is 10.1 Å². The van der Waals surface area contributed by atoms with Gasteiger partial charge in [0.2, 0.25) is 11.8 Å². The summed E-state index contributed by atoms with van der Waals surface area (Å²) in [5, 5.41) is 3.29. The number of aryl methyl sites for hydroxylation is 4. The topological polar surface area (TPSA) is 77.8 Å². The molecule has 0 aliphatic carbocycles. The smallest absolute Gasteiger partial charge is 0.249 e. The van der Waals surface area contributed by atoms with Gasteiger partial charge >= 0.3 is 0 Å². The number of benzene rings is 2. The minimum atomic E-state index is 0.487. The lowest BCUT2D eigenvalue weighted by atomic mass is 10.0. The van der Waals surface area contributed by atoms with Crippen molar-refractivity contribution in [3.05, 3.63) is 84.1 Å². The van der Waals surface area contributed by atoms with Gasteiger partial charge in [0, 0.05) is 36.9 Å². The molecule has 0 spiro atoms. The predicted octanol–water partition coefficient (Wildman–Crippen LogP) is 5.89. The van der Waals surface area contributed by atoms with E-state index in [1.165, 1.54) is 11.9 Å². The number of ether oxygens (including phenoxy) is 1. The van der Waals surface area contributed by atoms with Crippen molar-refractivity contribution < 1.29 is 4.74 Å². The Morgan fingerprint density at radius 1 is 0.848 bits per heavy atom. The molecular formula is C26H24N6O. The molecule has 2 aromatic carbocycles. The van der Waals surface area contributed by atoms with Crippen molar-refractivity contribution in [3.8, 4) is 22.8 Å². The van der Waals surface area contributed by atoms with E-state index in [-0.39, 0.29) is 0 Å². The van der Waals surface area contributed by atoms with Crippen molar-refractivity contribution in [2.24, 2.45) is 7.05 Å². The van der Waals surface area contributed by atoms with Gasteiger partial charge in [0.1, 0.15) is 17.6 Å². The Kier molecular flexibility index (Phi) is 5.22. The fourth-order valence-electron chi connectivity index (χ4n) is 3.87. The molecule has 5 rings (SSSR count). The molecule has 0 saturated heterocycles. The molecule has 0 atom stereocenters. The first-order chi connectivity index (χ1) is 16.0. The summed E-state index contributed by atoms with van der Waals surface area (Å²) >= 11 is 0. The average molecular weight is 437 g/mol. The Morgan fingerprint density at radius 3 is 2.24 bits per heavy atom. The quantitative estimate of drug-likeness (QED) is 0.370. The summed E-state index contributed by atoms with van der Waals surface area (Å²) in [7, 11) is 1.96. The number of aromatic nitrogens is 5. The van der Waals surface area contributed by atoms with E-state index >= 15 is 0 Å². The van der Waals surface area contributed by atoms with Crippen LogP contribution in [-0.2, 0) is 7.05 Å². The van der Waals surface area contributed by atoms with Gasteiger partial charge in [0.05, 0.1) is 5.52 Å². The molecule has 0 unspecified atom stereocenters. The Bertz CT molecular complexity index is 1420. The minimum Gasteiger partial charge on any atom is -0.436 e. The van der Waals surface area contributed by atoms with Crippen LogP contribution in [0.2, 0.25) is 0 Å². The van der Waals surface area contributed by atoms with Gasteiger partial charge in [0.15, 0.2) is 0 Å². The average Bonchev–Trinajstić information content (AvgIpc) is 3.19. The third-order valence-corrected chi connectivity index (χ3v) is 5.55. The van der Waals surface area contributed by atoms with Gasteiger partial charge in [0.25, 0.3) is 0 Å². The molecule has 33 heavy (non-hydrogen) atoms. The molecule has 0 saturated carbocycles. The van der Waals surface area contributed by atoms with Crippen molar-refractivity contribution in [2.45, 2.75) is 20.8 Å². The second kappa shape index (κ2) is 8.35. The van der Waals surface area contributed by atoms with Gasteiger partial charge in [-0.2, -0.15) is 4.98 Å². The molecular weight excluding hydrogens is 412 g/mol. The monoisotopic (exact) mass is 436 g/mol. The number of rotatable bonds is 5. The summed E-state index contributed by atoms with van der Waals surface area (Å²) in [6, 6.07) is 14.2. The van der Waals surface area contributed by atoms with Crippen LogP contribution in [0.3, 0.4) is 0 Å². The Morgan fingerprint density at radius 2 is 1.55 bits per heavy atom. The van der Waals surface area contributed by atoms with Crippen molar-refractivity contribution in [3.63, 3.8) is 0 Å². The standard InChI is InChI=1S/C26H24N6O/c1-16-5-7-21(8-6-16)29-26-30-22-9-10-32(4)23(22)25(31-26)33-24-17(2)11-19(12-18(24)3)20-13-27-15-28-14-20/h5-15H,1-4H3,(H,29,30,31). The molecule has 5 aromatic rings. The number of nitrogens with zero attached hydrogens (tertiary/aromatic N) is 5. The highest BCUT2D eigenvalue weighted by Gasteiger charge is 2.16. The van der Waals surface area contributed by atoms with Crippen LogP contribution in [0, 0.1) is 20.8 Å². The van der Waals surface area contributed by atoms with Crippen LogP contribution >= 0.6 is 0 Å². The number of hydrogen-bond acceptors (Lipinski definition) is 6. The lowest BCUT2D eigenvalue weighted by molar-refractivity contribution is 0.459. The van der Waals surface area contributed by atoms with Crippen LogP contribution in [-0.4, -0.2) is 24.5 Å². The fourth-order valence-corrected chi connectivity index (χ4v) is 3.87. The highest BCUT2D eigenvalue weighted by Crippen LogP contribution is 2.35. The van der Waals surface area contributed by atoms with E-state index < -0.39 is 0 Å². The third-order valence-electron chi connectivity index (χ3n) is 5.55. The first kappa shape index (κ1) is 20.6. The highest BCUT2D eigenvalue weighted by atomic mass is 16.5. The highest BCUT2D eigenvalue weighted by molar-refractivity contribution is 5.83. The van der Waals surface area contributed by atoms with Crippen LogP contribution in [0.1, 0.15) is 16.7 Å². The largest absolute Gasteiger partial charge is 0.436 e. The van der Waals surface area contributed by atoms with Gasteiger partial charge in [-0.05, 0) is 67.8 Å². The molecule has 7 nitrogen and oxygen atoms in total. The zero-order valence-corrected chi connectivity index (χ0v) is 19.0. The van der Waals surface area contributed by atoms with E-state index in [0.29, 0.717) is 11.8 Å². The SMILES string of the molecule is Cc1ccc(Nc2nc(Oc3c(C)cc(-c4cncnc4)cc3C)c3c(ccn3C)n2)cc1. The molecule has 3 aromatic heterocycles. The molecule has 0 fully saturated rings. The Labute approximate surface area is 192 Å². The molecule has 0 bridgehead atoms. The van der Waals surface area contributed by atoms with Crippen molar-refractivity contribution >= 4 is 22.7 Å². The van der Waals surface area contributed by atoms with Gasteiger partial charge in [-0.3, -0.25) is 0 Å². The van der Waals surface area contributed by atoms with Crippen LogP contribution in [0.5, 0.6) is 11.6 Å². The second-order valence-corrected chi connectivity index (χ2v) is 8.17. The van der Waals surface area contributed by atoms with Gasteiger partial charge in [-0.25, -0.2) is 15.0 Å². The van der Waals surface area contributed by atoms with Gasteiger partial charge in [-0.1, -0.05) is 17.7 Å². The number of nitrogens with one attached hydrogen (secondary N) is 1. The molecule has 3 heterocycles. The molecule has 164 valence electrons. The lowest BCUT2D eigenvalue weighted by Gasteiger charge is -2.15. The first-order valence-corrected chi connectivity index (χ1v) is 10.7. The Balaban J connectivity index is 1.54. The third kappa shape index (κ3) is 4.13. The van der Waals surface area contributed by atoms with E-state index in [4.69, 9.17) is 9.72 Å². The molecule has 7 heteroatoms. The maximum atomic E-state index is 6.44. The molecule has 0 radical (unpaired) electrons. The summed E-state index contributed by atoms with van der Waals surface area (Å²) in [6.45, 7) is 6.12. The van der Waals surface area contributed by atoms with Gasteiger partial charge < -0.3 is 14.6 Å². The van der Waals surface area contributed by atoms with E-state index in [2.05, 4.69) is 39.3 Å². The van der Waals surface area contributed by atoms with Crippen LogP contribution in [0.15, 0.2) is 67.4 Å². The maximum Gasteiger partial charge on any atom is 0.249 e. The summed E-state index contributed by atoms with van der Waals surface area (Å²) < 4.78 is 8.41. The van der Waals surface area contributed by atoms with E-state index in [9.17, 15) is 0 Å². The summed E-state index contributed by atoms with van der Waals surface area (Å²) in [5.41, 5.74) is 7.78. The zero-order valence-electron chi connectivity index (χ0n) is 19.0. The summed E-state index contributed by atoms with van der Waals surface area (Å²) in [5.74, 6) is 1.77. The number of fused-ring (bicyclic) bond motifs is 1. The zero-order chi connectivity index (χ0) is 22.9. The van der Waals surface area contributed by atoms with Crippen molar-refractivity contribution in [1.29, 1.82) is 0 Å². The molecule has 1 N–H and O–H groups in total. The van der Waals surface area contributed by atoms with E-state index in [0.717, 1.165) is 44.7 Å². The minimum absolute atomic E-state index is 0.487. The van der Waals surface area contributed by atoms with Gasteiger partial charge in [-0.15, -0.1) is 0 Å². The van der Waals surface area contributed by atoms with Crippen molar-refractivity contribution in [2.75, 3.05) is 5.32 Å². The van der Waals surface area contributed by atoms with Crippen LogP contribution in [0.4, 0.5) is 11.6 Å². The number of anilines is 2. The van der Waals surface area contributed by atoms with Crippen molar-refractivity contribution in [1.82, 2.24) is 24.5 Å². The predicted molar refractivity (Wildman–Crippen MR) is 130 cm³/mol. The molecule has 0 aliphatic heterocycles. The fraction of sp³-hybridized carbons (Fsp3) is 0.154. The first-order valence-electron chi connectivity index (χ1n) is 10.7. The summed E-state index contributed by atoms with van der Waals surface area (Å²) in [4.78, 5) is 17.7. The Hall–Kier alpha value is -4.26. The normalized spacial score (nSPS) is 11.0. The molecule has 0 amide bonds. The number of hydrogen-bond donors (Lipinski definition) is 1. The second-order valence-electron chi connectivity index (χ2n) is 8.17. The molecule has 0 aliphatic rings. The summed E-state index contributed by atoms with van der Waals surface area (Å²) in [6.07, 6.45) is 7.11. The van der Waals surface area contributed by atoms with E-state index in [1.807, 2.05) is 74.4 Å². The lowest BCUT2D eigenvalue weighted by Crippen LogP contribution is -2.02. The van der Waals surface area contributed by atoms with Crippen LogP contribution in [0.25, 0.3) is 22.2 Å². The maximum absolute atomic E-state index is 6.44. The van der Waals surface area contributed by atoms with E-state index in [1.54, 1.807) is 0 Å².